The third-order valence-corrected chi connectivity index (χ3v) is 0. The van der Waals surface area contributed by atoms with Crippen molar-refractivity contribution in [2.45, 2.75) is 0 Å². The van der Waals surface area contributed by atoms with Gasteiger partial charge in [0.2, 0.25) is 0 Å². The van der Waals surface area contributed by atoms with Gasteiger partial charge in [-0.25, -0.2) is 0 Å². The fourth-order valence-corrected chi connectivity index (χ4v) is 0. The average molecular weight is 131 g/mol. The zero-order valence-electron chi connectivity index (χ0n) is 3.70. The number of nitrogens with zero attached hydrogens (tertiary/aromatic N) is 2. The SMILES string of the molecule is [Cu].[H-].[N-]=[N+]=N.[Na+]. The molecule has 0 rings (SSSR count). The number of hydrogen-bond donors (Lipinski definition) is 1. The maximum atomic E-state index is 6.86. The van der Waals surface area contributed by atoms with E-state index in [1.165, 1.54) is 0 Å². The molecule has 0 heterocycles. The molecule has 0 aromatic heterocycles. The molecule has 5 heavy (non-hydrogen) atoms. The summed E-state index contributed by atoms with van der Waals surface area (Å²) in [7, 11) is 0. The maximum absolute atomic E-state index is 6.86. The minimum absolute atomic E-state index is 0. The first kappa shape index (κ1) is 17.0. The Morgan fingerprint density at radius 2 is 1.80 bits per heavy atom. The summed E-state index contributed by atoms with van der Waals surface area (Å²) in [5.41, 5.74) is 12.2. The zero-order valence-corrected chi connectivity index (χ0v) is 5.64. The van der Waals surface area contributed by atoms with Crippen molar-refractivity contribution in [1.29, 1.82) is 5.53 Å². The van der Waals surface area contributed by atoms with E-state index in [1.54, 1.807) is 4.91 Å². The smallest absolute Gasteiger partial charge is 1.00 e. The molecule has 0 aromatic carbocycles. The third-order valence-electron chi connectivity index (χ3n) is 0. The van der Waals surface area contributed by atoms with Crippen LogP contribution in [0.1, 0.15) is 1.43 Å². The van der Waals surface area contributed by atoms with Gasteiger partial charge in [0.1, 0.15) is 0 Å². The fourth-order valence-electron chi connectivity index (χ4n) is 0. The Hall–Kier alpha value is 0.829. The summed E-state index contributed by atoms with van der Waals surface area (Å²) in [5.74, 6) is 0. The molecule has 0 aromatic rings. The number of rotatable bonds is 0. The molecule has 5 heteroatoms. The van der Waals surface area contributed by atoms with Crippen molar-refractivity contribution in [3.8, 4) is 0 Å². The van der Waals surface area contributed by atoms with Crippen molar-refractivity contribution < 1.29 is 48.1 Å². The summed E-state index contributed by atoms with van der Waals surface area (Å²) in [5, 5.41) is 0. The van der Waals surface area contributed by atoms with Gasteiger partial charge in [0.05, 0.1) is 0 Å². The molecule has 0 bridgehead atoms. The van der Waals surface area contributed by atoms with Gasteiger partial charge in [0.15, 0.2) is 0 Å². The van der Waals surface area contributed by atoms with E-state index >= 15 is 0 Å². The molecule has 0 aliphatic carbocycles. The molecule has 0 spiro atoms. The summed E-state index contributed by atoms with van der Waals surface area (Å²) in [6.45, 7) is 0. The number of hydrogen-bond acceptors (Lipinski definition) is 1. The van der Waals surface area contributed by atoms with Crippen LogP contribution in [0.15, 0.2) is 0 Å². The second-order valence-corrected chi connectivity index (χ2v) is 0.100. The maximum Gasteiger partial charge on any atom is 1.00 e. The molecule has 0 aliphatic rings. The van der Waals surface area contributed by atoms with Crippen LogP contribution in [0.2, 0.25) is 0 Å². The van der Waals surface area contributed by atoms with Gasteiger partial charge in [-0.15, -0.1) is 5.53 Å². The molecule has 0 saturated heterocycles. The van der Waals surface area contributed by atoms with Crippen LogP contribution < -0.4 is 29.6 Å². The minimum atomic E-state index is 0. The standard InChI is InChI=1S/Cu.HN3.Na.H/c;1-3-2;;/h;1H;;/q;;+1;-1. The normalized spacial score (nSPS) is 1.60. The molecule has 29 valence electrons. The molecule has 1 radical (unpaired) electrons. The van der Waals surface area contributed by atoms with E-state index in [1.807, 2.05) is 0 Å². The monoisotopic (exact) mass is 130 g/mol. The summed E-state index contributed by atoms with van der Waals surface area (Å²) in [4.78, 5) is 1.75. The van der Waals surface area contributed by atoms with Gasteiger partial charge in [-0.1, -0.05) is 0 Å². The van der Waals surface area contributed by atoms with Gasteiger partial charge in [0.25, 0.3) is 0 Å². The van der Waals surface area contributed by atoms with E-state index in [4.69, 9.17) is 11.1 Å². The molecule has 0 saturated carbocycles. The van der Waals surface area contributed by atoms with Crippen LogP contribution in [-0.2, 0) is 17.1 Å². The Morgan fingerprint density at radius 1 is 1.80 bits per heavy atom. The van der Waals surface area contributed by atoms with Crippen molar-refractivity contribution in [3.05, 3.63) is 10.4 Å². The molecule has 0 fully saturated rings. The largest absolute Gasteiger partial charge is 1.00 e. The first-order valence-electron chi connectivity index (χ1n) is 0.424. The predicted molar refractivity (Wildman–Crippen MR) is 10.5 cm³/mol. The van der Waals surface area contributed by atoms with Crippen molar-refractivity contribution in [1.82, 2.24) is 0 Å². The number of nitrogens with one attached hydrogen (secondary N) is 1. The molecular formula is H2CuN3Na. The van der Waals surface area contributed by atoms with Gasteiger partial charge in [0, 0.05) is 17.1 Å². The van der Waals surface area contributed by atoms with Crippen molar-refractivity contribution in [2.24, 2.45) is 0 Å². The van der Waals surface area contributed by atoms with Crippen LogP contribution in [-0.4, -0.2) is 0 Å². The van der Waals surface area contributed by atoms with E-state index in [2.05, 4.69) is 0 Å². The van der Waals surface area contributed by atoms with E-state index in [-0.39, 0.29) is 48.1 Å². The minimum Gasteiger partial charge on any atom is -1.00 e. The summed E-state index contributed by atoms with van der Waals surface area (Å²) >= 11 is 0. The molecule has 0 atom stereocenters. The molecular weight excluding hydrogens is 129 g/mol. The topological polar surface area (TPSA) is 60.3 Å². The summed E-state index contributed by atoms with van der Waals surface area (Å²) < 4.78 is 0. The van der Waals surface area contributed by atoms with Crippen LogP contribution in [0.25, 0.3) is 10.4 Å². The van der Waals surface area contributed by atoms with Crippen LogP contribution in [0.5, 0.6) is 0 Å². The third kappa shape index (κ3) is 56.2. The molecule has 0 amide bonds. The second-order valence-electron chi connectivity index (χ2n) is 0.100. The van der Waals surface area contributed by atoms with Crippen LogP contribution >= 0.6 is 0 Å². The fraction of sp³-hybridized carbons (Fsp3) is 0. The average Bonchev–Trinajstić information content (AvgIpc) is 0.918. The molecule has 1 N–H and O–H groups in total. The predicted octanol–water partition coefficient (Wildman–Crippen LogP) is -2.01. The first-order chi connectivity index (χ1) is 1.41. The summed E-state index contributed by atoms with van der Waals surface area (Å²) in [6.07, 6.45) is 0. The van der Waals surface area contributed by atoms with Gasteiger partial charge in [-0.05, 0) is 10.4 Å². The van der Waals surface area contributed by atoms with E-state index < -0.39 is 0 Å². The Morgan fingerprint density at radius 3 is 1.80 bits per heavy atom. The Bertz CT molecular complexity index is 31.8. The Balaban J connectivity index is -0.00000000667. The van der Waals surface area contributed by atoms with Gasteiger partial charge in [-0.3, -0.25) is 0 Å². The van der Waals surface area contributed by atoms with E-state index in [9.17, 15) is 0 Å². The van der Waals surface area contributed by atoms with E-state index in [0.29, 0.717) is 0 Å². The van der Waals surface area contributed by atoms with Crippen molar-refractivity contribution in [3.63, 3.8) is 0 Å². The first-order valence-corrected chi connectivity index (χ1v) is 0.424. The van der Waals surface area contributed by atoms with Gasteiger partial charge < -0.3 is 1.43 Å². The second kappa shape index (κ2) is 21.2. The molecule has 0 aliphatic heterocycles. The Kier molecular flexibility index (Phi) is 71.9. The molecule has 3 nitrogen and oxygen atoms in total. The molecule has 0 unspecified atom stereocenters. The van der Waals surface area contributed by atoms with Crippen LogP contribution in [0.3, 0.4) is 0 Å². The van der Waals surface area contributed by atoms with Crippen molar-refractivity contribution in [2.75, 3.05) is 0 Å². The van der Waals surface area contributed by atoms with Crippen LogP contribution in [0.4, 0.5) is 0 Å². The van der Waals surface area contributed by atoms with Crippen molar-refractivity contribution >= 4 is 0 Å². The Labute approximate surface area is 63.8 Å². The quantitative estimate of drug-likeness (QED) is 0.171. The van der Waals surface area contributed by atoms with Gasteiger partial charge in [-0.2, -0.15) is 0 Å². The zero-order chi connectivity index (χ0) is 2.71. The van der Waals surface area contributed by atoms with Gasteiger partial charge >= 0.3 is 29.6 Å². The summed E-state index contributed by atoms with van der Waals surface area (Å²) in [6, 6.07) is 0. The van der Waals surface area contributed by atoms with Crippen LogP contribution in [0, 0.1) is 5.53 Å². The van der Waals surface area contributed by atoms with E-state index in [0.717, 1.165) is 0 Å².